The third kappa shape index (κ3) is 3.07. The highest BCUT2D eigenvalue weighted by molar-refractivity contribution is 8.03. The van der Waals surface area contributed by atoms with Gasteiger partial charge in [0.05, 0.1) is 18.1 Å². The Morgan fingerprint density at radius 3 is 2.56 bits per heavy atom. The number of nitrogens with zero attached hydrogens (tertiary/aromatic N) is 2. The second kappa shape index (κ2) is 6.96. The molecule has 1 aromatic rings. The van der Waals surface area contributed by atoms with E-state index in [0.717, 1.165) is 24.5 Å². The van der Waals surface area contributed by atoms with Crippen molar-refractivity contribution >= 4 is 23.6 Å². The fraction of sp³-hybridized carbons (Fsp3) is 0.500. The van der Waals surface area contributed by atoms with Gasteiger partial charge in [-0.15, -0.1) is 11.8 Å². The van der Waals surface area contributed by atoms with Crippen molar-refractivity contribution < 1.29 is 19.8 Å². The maximum absolute atomic E-state index is 12.4. The molecule has 2 saturated heterocycles. The van der Waals surface area contributed by atoms with Crippen molar-refractivity contribution in [1.82, 2.24) is 9.80 Å². The van der Waals surface area contributed by atoms with Gasteiger partial charge in [-0.05, 0) is 12.5 Å². The summed E-state index contributed by atoms with van der Waals surface area (Å²) < 4.78 is 0. The highest BCUT2D eigenvalue weighted by Gasteiger charge is 2.60. The molecule has 0 aliphatic carbocycles. The van der Waals surface area contributed by atoms with Crippen LogP contribution in [0.5, 0.6) is 0 Å². The van der Waals surface area contributed by atoms with Crippen LogP contribution in [-0.2, 0) is 16.1 Å². The highest BCUT2D eigenvalue weighted by Crippen LogP contribution is 2.51. The zero-order valence-corrected chi connectivity index (χ0v) is 16.2. The maximum atomic E-state index is 12.4. The SMILES string of the molecule is C[C@@H](O)[C@H]1C(=O)N2C(C(=O)O)=C(SC3CN(Cc4ccccc4)C3)[C@H](C)[C@H]12. The molecule has 0 saturated carbocycles. The van der Waals surface area contributed by atoms with Gasteiger partial charge >= 0.3 is 5.97 Å². The normalized spacial score (nSPS) is 29.4. The number of carboxylic acid groups (broad SMARTS) is 1. The summed E-state index contributed by atoms with van der Waals surface area (Å²) in [5.41, 5.74) is 1.40. The smallest absolute Gasteiger partial charge is 0.353 e. The van der Waals surface area contributed by atoms with E-state index in [9.17, 15) is 19.8 Å². The van der Waals surface area contributed by atoms with Gasteiger partial charge in [-0.25, -0.2) is 4.79 Å². The molecule has 6 nitrogen and oxygen atoms in total. The molecule has 0 spiro atoms. The number of hydrogen-bond acceptors (Lipinski definition) is 5. The number of aliphatic hydroxyl groups excluding tert-OH is 1. The number of benzene rings is 1. The number of hydrogen-bond donors (Lipinski definition) is 2. The van der Waals surface area contributed by atoms with Gasteiger partial charge in [0, 0.05) is 35.7 Å². The molecule has 0 radical (unpaired) electrons. The Hall–Kier alpha value is -1.83. The quantitative estimate of drug-likeness (QED) is 0.723. The van der Waals surface area contributed by atoms with E-state index < -0.39 is 18.0 Å². The molecule has 4 rings (SSSR count). The second-order valence-electron chi connectivity index (χ2n) is 7.69. The first-order chi connectivity index (χ1) is 12.9. The molecular formula is C20H24N2O4S. The van der Waals surface area contributed by atoms with E-state index in [1.807, 2.05) is 25.1 Å². The minimum Gasteiger partial charge on any atom is -0.477 e. The number of carboxylic acids is 1. The molecule has 27 heavy (non-hydrogen) atoms. The largest absolute Gasteiger partial charge is 0.477 e. The number of likely N-dealkylation sites (tertiary alicyclic amines) is 1. The van der Waals surface area contributed by atoms with Gasteiger partial charge in [-0.1, -0.05) is 37.3 Å². The molecule has 2 N–H and O–H groups in total. The number of carbonyl (C=O) groups excluding carboxylic acids is 1. The number of carbonyl (C=O) groups is 2. The maximum Gasteiger partial charge on any atom is 0.353 e. The average Bonchev–Trinajstić information content (AvgIpc) is 2.83. The van der Waals surface area contributed by atoms with Crippen LogP contribution in [0, 0.1) is 11.8 Å². The van der Waals surface area contributed by atoms with Crippen LogP contribution in [0.1, 0.15) is 19.4 Å². The lowest BCUT2D eigenvalue weighted by molar-refractivity contribution is -0.163. The molecule has 0 aromatic heterocycles. The van der Waals surface area contributed by atoms with Crippen LogP contribution in [0.15, 0.2) is 40.9 Å². The van der Waals surface area contributed by atoms with Gasteiger partial charge in [-0.3, -0.25) is 9.69 Å². The fourth-order valence-corrected chi connectivity index (χ4v) is 6.01. The Balaban J connectivity index is 1.43. The number of rotatable bonds is 6. The van der Waals surface area contributed by atoms with Gasteiger partial charge in [0.1, 0.15) is 5.70 Å². The molecule has 0 unspecified atom stereocenters. The summed E-state index contributed by atoms with van der Waals surface area (Å²) >= 11 is 1.60. The summed E-state index contributed by atoms with van der Waals surface area (Å²) in [6, 6.07) is 10.1. The summed E-state index contributed by atoms with van der Waals surface area (Å²) in [6.45, 7) is 6.28. The van der Waals surface area contributed by atoms with Gasteiger partial charge < -0.3 is 15.1 Å². The second-order valence-corrected chi connectivity index (χ2v) is 9.03. The Morgan fingerprint density at radius 1 is 1.30 bits per heavy atom. The van der Waals surface area contributed by atoms with Crippen molar-refractivity contribution in [2.45, 2.75) is 37.8 Å². The number of thioether (sulfide) groups is 1. The van der Waals surface area contributed by atoms with Crippen molar-refractivity contribution in [3.05, 3.63) is 46.5 Å². The van der Waals surface area contributed by atoms with Crippen molar-refractivity contribution in [1.29, 1.82) is 0 Å². The van der Waals surface area contributed by atoms with E-state index in [-0.39, 0.29) is 23.6 Å². The lowest BCUT2D eigenvalue weighted by Crippen LogP contribution is -2.63. The number of fused-ring (bicyclic) bond motifs is 1. The fourth-order valence-electron chi connectivity index (χ4n) is 4.43. The molecule has 3 heterocycles. The standard InChI is InChI=1S/C20H24N2O4S/c1-11-16-15(12(2)23)19(24)22(16)17(20(25)26)18(11)27-14-9-21(10-14)8-13-6-4-3-5-7-13/h3-7,11-12,14-16,23H,8-10H2,1-2H3,(H,25,26)/t11-,12-,15-,16-/m1/s1. The van der Waals surface area contributed by atoms with E-state index in [2.05, 4.69) is 17.0 Å². The molecule has 3 aliphatic heterocycles. The monoisotopic (exact) mass is 388 g/mol. The van der Waals surface area contributed by atoms with Gasteiger partial charge in [0.15, 0.2) is 0 Å². The molecule has 7 heteroatoms. The topological polar surface area (TPSA) is 81.1 Å². The van der Waals surface area contributed by atoms with Crippen molar-refractivity contribution in [3.8, 4) is 0 Å². The molecule has 1 aromatic carbocycles. The Morgan fingerprint density at radius 2 is 1.96 bits per heavy atom. The average molecular weight is 388 g/mol. The van der Waals surface area contributed by atoms with E-state index in [1.54, 1.807) is 18.7 Å². The van der Waals surface area contributed by atoms with Crippen molar-refractivity contribution in [2.75, 3.05) is 13.1 Å². The molecule has 2 fully saturated rings. The van der Waals surface area contributed by atoms with Gasteiger partial charge in [-0.2, -0.15) is 0 Å². The first-order valence-corrected chi connectivity index (χ1v) is 10.2. The number of aliphatic hydroxyl groups is 1. The van der Waals surface area contributed by atoms with E-state index in [1.165, 1.54) is 10.5 Å². The number of amides is 1. The zero-order chi connectivity index (χ0) is 19.3. The molecule has 4 atom stereocenters. The molecular weight excluding hydrogens is 364 g/mol. The van der Waals surface area contributed by atoms with Crippen LogP contribution in [0.25, 0.3) is 0 Å². The van der Waals surface area contributed by atoms with Crippen LogP contribution in [0.4, 0.5) is 0 Å². The van der Waals surface area contributed by atoms with Crippen LogP contribution in [0.3, 0.4) is 0 Å². The summed E-state index contributed by atoms with van der Waals surface area (Å²) in [5, 5.41) is 19.9. The summed E-state index contributed by atoms with van der Waals surface area (Å²) in [7, 11) is 0. The van der Waals surface area contributed by atoms with E-state index >= 15 is 0 Å². The lowest BCUT2D eigenvalue weighted by atomic mass is 9.79. The summed E-state index contributed by atoms with van der Waals surface area (Å²) in [5.74, 6) is -1.87. The van der Waals surface area contributed by atoms with Crippen molar-refractivity contribution in [3.63, 3.8) is 0 Å². The highest BCUT2D eigenvalue weighted by atomic mass is 32.2. The van der Waals surface area contributed by atoms with Gasteiger partial charge in [0.25, 0.3) is 0 Å². The van der Waals surface area contributed by atoms with Crippen LogP contribution in [0.2, 0.25) is 0 Å². The molecule has 3 aliphatic rings. The molecule has 1 amide bonds. The first kappa shape index (κ1) is 18.5. The van der Waals surface area contributed by atoms with Gasteiger partial charge in [0.2, 0.25) is 5.91 Å². The van der Waals surface area contributed by atoms with Crippen LogP contribution in [-0.4, -0.2) is 62.4 Å². The molecule has 0 bridgehead atoms. The van der Waals surface area contributed by atoms with Crippen LogP contribution < -0.4 is 0 Å². The minimum atomic E-state index is -1.05. The summed E-state index contributed by atoms with van der Waals surface area (Å²) in [6.07, 6.45) is -0.759. The Bertz CT molecular complexity index is 788. The Labute approximate surface area is 162 Å². The van der Waals surface area contributed by atoms with E-state index in [0.29, 0.717) is 5.25 Å². The first-order valence-electron chi connectivity index (χ1n) is 9.30. The lowest BCUT2D eigenvalue weighted by Gasteiger charge is -2.46. The number of aliphatic carboxylic acids is 1. The van der Waals surface area contributed by atoms with Crippen molar-refractivity contribution in [2.24, 2.45) is 11.8 Å². The zero-order valence-electron chi connectivity index (χ0n) is 15.4. The third-order valence-corrected chi connectivity index (χ3v) is 7.23. The minimum absolute atomic E-state index is 0.0541. The molecule has 144 valence electrons. The van der Waals surface area contributed by atoms with Crippen LogP contribution >= 0.6 is 11.8 Å². The number of β-lactam (4-membered cyclic amide) rings is 1. The van der Waals surface area contributed by atoms with E-state index in [4.69, 9.17) is 0 Å². The summed E-state index contributed by atoms with van der Waals surface area (Å²) in [4.78, 5) is 28.7. The third-order valence-electron chi connectivity index (χ3n) is 5.78. The Kier molecular flexibility index (Phi) is 4.78. The predicted octanol–water partition coefficient (Wildman–Crippen LogP) is 1.76. The predicted molar refractivity (Wildman–Crippen MR) is 103 cm³/mol.